The van der Waals surface area contributed by atoms with Crippen LogP contribution in [0, 0.1) is 0 Å². The number of rotatable bonds is 3. The van der Waals surface area contributed by atoms with Crippen LogP contribution in [-0.2, 0) is 0 Å². The standard InChI is InChI=1S/C9H13NS/c1-8(6-10-2)5-9-3-4-11-7-9/h3-5,7,10H,6H2,1-2H3/b8-5+. The molecule has 1 heterocycles. The van der Waals surface area contributed by atoms with Crippen molar-refractivity contribution in [3.05, 3.63) is 28.0 Å². The molecule has 0 amide bonds. The summed E-state index contributed by atoms with van der Waals surface area (Å²) in [5.74, 6) is 0. The number of likely N-dealkylation sites (N-methyl/N-ethyl adjacent to an activating group) is 1. The average Bonchev–Trinajstić information content (AvgIpc) is 2.40. The van der Waals surface area contributed by atoms with Gasteiger partial charge in [0.25, 0.3) is 0 Å². The summed E-state index contributed by atoms with van der Waals surface area (Å²) < 4.78 is 0. The third-order valence-electron chi connectivity index (χ3n) is 1.41. The van der Waals surface area contributed by atoms with Crippen LogP contribution in [0.15, 0.2) is 22.4 Å². The molecule has 0 saturated heterocycles. The summed E-state index contributed by atoms with van der Waals surface area (Å²) in [6.45, 7) is 3.10. The quantitative estimate of drug-likeness (QED) is 0.728. The molecule has 1 N–H and O–H groups in total. The third kappa shape index (κ3) is 2.87. The first-order chi connectivity index (χ1) is 5.33. The van der Waals surface area contributed by atoms with Gasteiger partial charge in [-0.1, -0.05) is 11.6 Å². The Kier molecular flexibility index (Phi) is 3.33. The molecule has 0 aliphatic carbocycles. The Morgan fingerprint density at radius 2 is 2.55 bits per heavy atom. The summed E-state index contributed by atoms with van der Waals surface area (Å²) in [5, 5.41) is 7.36. The van der Waals surface area contributed by atoms with Crippen LogP contribution < -0.4 is 5.32 Å². The molecule has 1 rings (SSSR count). The normalized spacial score (nSPS) is 12.0. The maximum atomic E-state index is 3.12. The highest BCUT2D eigenvalue weighted by Gasteiger charge is 1.89. The van der Waals surface area contributed by atoms with Crippen LogP contribution in [0.2, 0.25) is 0 Å². The first-order valence-electron chi connectivity index (χ1n) is 3.67. The number of thiophene rings is 1. The molecule has 0 radical (unpaired) electrons. The summed E-state index contributed by atoms with van der Waals surface area (Å²) in [4.78, 5) is 0. The maximum absolute atomic E-state index is 3.12. The van der Waals surface area contributed by atoms with Gasteiger partial charge in [-0.25, -0.2) is 0 Å². The second kappa shape index (κ2) is 4.31. The average molecular weight is 167 g/mol. The van der Waals surface area contributed by atoms with Crippen molar-refractivity contribution in [3.63, 3.8) is 0 Å². The van der Waals surface area contributed by atoms with E-state index in [-0.39, 0.29) is 0 Å². The monoisotopic (exact) mass is 167 g/mol. The van der Waals surface area contributed by atoms with Crippen molar-refractivity contribution in [1.82, 2.24) is 5.32 Å². The number of hydrogen-bond acceptors (Lipinski definition) is 2. The smallest absolute Gasteiger partial charge is 0.0162 e. The molecule has 1 aromatic rings. The molecule has 0 aromatic carbocycles. The van der Waals surface area contributed by atoms with E-state index >= 15 is 0 Å². The van der Waals surface area contributed by atoms with Crippen molar-refractivity contribution in [2.45, 2.75) is 6.92 Å². The summed E-state index contributed by atoms with van der Waals surface area (Å²) in [7, 11) is 1.96. The molecule has 1 nitrogen and oxygen atoms in total. The zero-order valence-electron chi connectivity index (χ0n) is 6.92. The molecule has 60 valence electrons. The SMILES string of the molecule is CNC/C(C)=C/c1ccsc1. The molecule has 0 atom stereocenters. The molecule has 1 aromatic heterocycles. The van der Waals surface area contributed by atoms with Gasteiger partial charge in [0.1, 0.15) is 0 Å². The van der Waals surface area contributed by atoms with E-state index in [1.165, 1.54) is 11.1 Å². The van der Waals surface area contributed by atoms with Gasteiger partial charge < -0.3 is 5.32 Å². The molecule has 0 aliphatic heterocycles. The molecule has 11 heavy (non-hydrogen) atoms. The van der Waals surface area contributed by atoms with Gasteiger partial charge in [-0.3, -0.25) is 0 Å². The highest BCUT2D eigenvalue weighted by molar-refractivity contribution is 7.08. The van der Waals surface area contributed by atoms with E-state index in [1.54, 1.807) is 11.3 Å². The third-order valence-corrected chi connectivity index (χ3v) is 2.11. The van der Waals surface area contributed by atoms with E-state index in [0.717, 1.165) is 6.54 Å². The van der Waals surface area contributed by atoms with Crippen molar-refractivity contribution in [2.75, 3.05) is 13.6 Å². The van der Waals surface area contributed by atoms with Gasteiger partial charge in [0, 0.05) is 6.54 Å². The lowest BCUT2D eigenvalue weighted by molar-refractivity contribution is 0.885. The number of nitrogens with one attached hydrogen (secondary N) is 1. The van der Waals surface area contributed by atoms with Crippen LogP contribution in [-0.4, -0.2) is 13.6 Å². The zero-order valence-corrected chi connectivity index (χ0v) is 7.74. The minimum absolute atomic E-state index is 0.968. The van der Waals surface area contributed by atoms with E-state index in [2.05, 4.69) is 35.1 Å². The summed E-state index contributed by atoms with van der Waals surface area (Å²) >= 11 is 1.73. The van der Waals surface area contributed by atoms with Gasteiger partial charge in [0.15, 0.2) is 0 Å². The molecule has 0 fully saturated rings. The largest absolute Gasteiger partial charge is 0.316 e. The van der Waals surface area contributed by atoms with Crippen molar-refractivity contribution in [2.24, 2.45) is 0 Å². The molecule has 0 saturated carbocycles. The Balaban J connectivity index is 2.58. The molecule has 0 unspecified atom stereocenters. The maximum Gasteiger partial charge on any atom is 0.0162 e. The van der Waals surface area contributed by atoms with Crippen LogP contribution in [0.4, 0.5) is 0 Å². The van der Waals surface area contributed by atoms with Crippen LogP contribution in [0.25, 0.3) is 6.08 Å². The highest BCUT2D eigenvalue weighted by atomic mass is 32.1. The van der Waals surface area contributed by atoms with E-state index in [1.807, 2.05) is 7.05 Å². The van der Waals surface area contributed by atoms with E-state index in [0.29, 0.717) is 0 Å². The summed E-state index contributed by atoms with van der Waals surface area (Å²) in [5.41, 5.74) is 2.67. The first kappa shape index (κ1) is 8.50. The van der Waals surface area contributed by atoms with Crippen LogP contribution >= 0.6 is 11.3 Å². The Bertz CT molecular complexity index is 224. The van der Waals surface area contributed by atoms with Gasteiger partial charge in [0.05, 0.1) is 0 Å². The second-order valence-electron chi connectivity index (χ2n) is 2.58. The van der Waals surface area contributed by atoms with Crippen LogP contribution in [0.1, 0.15) is 12.5 Å². The minimum atomic E-state index is 0.968. The second-order valence-corrected chi connectivity index (χ2v) is 3.36. The molecule has 2 heteroatoms. The predicted molar refractivity (Wildman–Crippen MR) is 51.9 cm³/mol. The molecule has 0 aliphatic rings. The first-order valence-corrected chi connectivity index (χ1v) is 4.61. The summed E-state index contributed by atoms with van der Waals surface area (Å²) in [6, 6.07) is 2.13. The van der Waals surface area contributed by atoms with Gasteiger partial charge in [-0.05, 0) is 36.4 Å². The van der Waals surface area contributed by atoms with Crippen molar-refractivity contribution in [3.8, 4) is 0 Å². The highest BCUT2D eigenvalue weighted by Crippen LogP contribution is 2.09. The van der Waals surface area contributed by atoms with Crippen molar-refractivity contribution in [1.29, 1.82) is 0 Å². The van der Waals surface area contributed by atoms with E-state index in [4.69, 9.17) is 0 Å². The fraction of sp³-hybridized carbons (Fsp3) is 0.333. The lowest BCUT2D eigenvalue weighted by Gasteiger charge is -1.96. The van der Waals surface area contributed by atoms with Gasteiger partial charge in [-0.15, -0.1) is 0 Å². The van der Waals surface area contributed by atoms with Gasteiger partial charge in [0.2, 0.25) is 0 Å². The zero-order chi connectivity index (χ0) is 8.10. The Morgan fingerprint density at radius 1 is 1.73 bits per heavy atom. The van der Waals surface area contributed by atoms with Crippen molar-refractivity contribution < 1.29 is 0 Å². The predicted octanol–water partition coefficient (Wildman–Crippen LogP) is 2.37. The Hall–Kier alpha value is -0.600. The van der Waals surface area contributed by atoms with Crippen LogP contribution in [0.3, 0.4) is 0 Å². The fourth-order valence-corrected chi connectivity index (χ4v) is 1.59. The van der Waals surface area contributed by atoms with E-state index < -0.39 is 0 Å². The van der Waals surface area contributed by atoms with Crippen molar-refractivity contribution >= 4 is 17.4 Å². The lowest BCUT2D eigenvalue weighted by Crippen LogP contribution is -2.08. The van der Waals surface area contributed by atoms with Crippen LogP contribution in [0.5, 0.6) is 0 Å². The molecular formula is C9H13NS. The fourth-order valence-electron chi connectivity index (χ4n) is 0.972. The molecule has 0 spiro atoms. The topological polar surface area (TPSA) is 12.0 Å². The summed E-state index contributed by atoms with van der Waals surface area (Å²) in [6.07, 6.45) is 2.20. The lowest BCUT2D eigenvalue weighted by atomic mass is 10.2. The molecular weight excluding hydrogens is 154 g/mol. The van der Waals surface area contributed by atoms with Gasteiger partial charge >= 0.3 is 0 Å². The number of hydrogen-bond donors (Lipinski definition) is 1. The van der Waals surface area contributed by atoms with E-state index in [9.17, 15) is 0 Å². The molecule has 0 bridgehead atoms. The Morgan fingerprint density at radius 3 is 3.09 bits per heavy atom. The Labute approximate surface area is 71.8 Å². The minimum Gasteiger partial charge on any atom is -0.316 e. The van der Waals surface area contributed by atoms with Gasteiger partial charge in [-0.2, -0.15) is 11.3 Å².